The largest absolute Gasteiger partial charge is 0.369 e. The molecule has 0 aromatic carbocycles. The molecule has 5 aliphatic rings. The van der Waals surface area contributed by atoms with Crippen LogP contribution in [0.1, 0.15) is 156 Å². The topological polar surface area (TPSA) is 9.23 Å². The first kappa shape index (κ1) is 28.8. The Labute approximate surface area is 222 Å². The number of hydrogen-bond acceptors (Lipinski definition) is 1. The predicted octanol–water partition coefficient (Wildman–Crippen LogP) is 10.5. The summed E-state index contributed by atoms with van der Waals surface area (Å²) in [6, 6.07) is 0. The molecule has 0 spiro atoms. The van der Waals surface area contributed by atoms with Crippen molar-refractivity contribution in [2.24, 2.45) is 28.6 Å². The highest BCUT2D eigenvalue weighted by Gasteiger charge is 2.52. The van der Waals surface area contributed by atoms with E-state index >= 15 is 8.78 Å². The minimum atomic E-state index is -1.13. The van der Waals surface area contributed by atoms with Crippen LogP contribution in [0.2, 0.25) is 0 Å². The minimum Gasteiger partial charge on any atom is -0.369 e. The Hall–Kier alpha value is -0.180. The molecule has 1 nitrogen and oxygen atoms in total. The highest BCUT2D eigenvalue weighted by atomic mass is 19.1. The highest BCUT2D eigenvalue weighted by Crippen LogP contribution is 2.63. The van der Waals surface area contributed by atoms with Crippen molar-refractivity contribution in [1.29, 1.82) is 0 Å². The first-order chi connectivity index (χ1) is 17.4. The molecule has 3 heteroatoms. The zero-order valence-electron chi connectivity index (χ0n) is 24.1. The summed E-state index contributed by atoms with van der Waals surface area (Å²) >= 11 is 0. The molecule has 5 saturated carbocycles. The highest BCUT2D eigenvalue weighted by molar-refractivity contribution is 5.03. The SMILES string of the molecule is CCCCCCC(C)OC1C(F)CC(C2CCC(C34CCC(CCCCC)(CC3)CC4)CC2)CC1F. The van der Waals surface area contributed by atoms with E-state index < -0.39 is 18.4 Å². The maximum absolute atomic E-state index is 15.2. The van der Waals surface area contributed by atoms with Gasteiger partial charge in [-0.2, -0.15) is 0 Å². The molecule has 0 N–H and O–H groups in total. The normalized spacial score (nSPS) is 41.9. The number of rotatable bonds is 13. The van der Waals surface area contributed by atoms with Crippen molar-refractivity contribution in [3.8, 4) is 0 Å². The van der Waals surface area contributed by atoms with Gasteiger partial charge in [0.1, 0.15) is 18.4 Å². The van der Waals surface area contributed by atoms with Crippen LogP contribution in [0, 0.1) is 28.6 Å². The van der Waals surface area contributed by atoms with E-state index in [9.17, 15) is 0 Å². The summed E-state index contributed by atoms with van der Waals surface area (Å²) in [6.07, 6.45) is 23.1. The van der Waals surface area contributed by atoms with Crippen LogP contribution in [0.4, 0.5) is 8.78 Å². The zero-order valence-corrected chi connectivity index (χ0v) is 24.1. The van der Waals surface area contributed by atoms with Crippen LogP contribution >= 0.6 is 0 Å². The fourth-order valence-corrected chi connectivity index (χ4v) is 9.15. The lowest BCUT2D eigenvalue weighted by Gasteiger charge is -2.58. The Morgan fingerprint density at radius 1 is 0.722 bits per heavy atom. The van der Waals surface area contributed by atoms with Crippen molar-refractivity contribution in [3.05, 3.63) is 0 Å². The van der Waals surface area contributed by atoms with E-state index in [4.69, 9.17) is 4.74 Å². The number of halogens is 2. The van der Waals surface area contributed by atoms with E-state index in [1.165, 1.54) is 109 Å². The van der Waals surface area contributed by atoms with Crippen molar-refractivity contribution in [1.82, 2.24) is 0 Å². The molecule has 0 aromatic heterocycles. The van der Waals surface area contributed by atoms with Crippen LogP contribution in [0.5, 0.6) is 0 Å². The minimum absolute atomic E-state index is 0.0361. The molecule has 0 amide bonds. The Balaban J connectivity index is 1.20. The van der Waals surface area contributed by atoms with Gasteiger partial charge < -0.3 is 4.74 Å². The van der Waals surface area contributed by atoms with Crippen molar-refractivity contribution >= 4 is 0 Å². The van der Waals surface area contributed by atoms with Crippen molar-refractivity contribution < 1.29 is 13.5 Å². The summed E-state index contributed by atoms with van der Waals surface area (Å²) in [6.45, 7) is 6.53. The van der Waals surface area contributed by atoms with Crippen LogP contribution < -0.4 is 0 Å². The van der Waals surface area contributed by atoms with Gasteiger partial charge in [-0.15, -0.1) is 0 Å². The predicted molar refractivity (Wildman–Crippen MR) is 148 cm³/mol. The third-order valence-electron chi connectivity index (χ3n) is 11.7. The monoisotopic (exact) mass is 508 g/mol. The van der Waals surface area contributed by atoms with Gasteiger partial charge in [-0.25, -0.2) is 8.78 Å². The Morgan fingerprint density at radius 3 is 1.89 bits per heavy atom. The summed E-state index contributed by atoms with van der Waals surface area (Å²) in [7, 11) is 0. The third-order valence-corrected chi connectivity index (χ3v) is 11.7. The lowest BCUT2D eigenvalue weighted by Crippen LogP contribution is -2.47. The van der Waals surface area contributed by atoms with E-state index in [1.807, 2.05) is 6.92 Å². The molecule has 2 bridgehead atoms. The van der Waals surface area contributed by atoms with Crippen molar-refractivity contribution in [2.45, 2.75) is 180 Å². The van der Waals surface area contributed by atoms with Gasteiger partial charge in [0.25, 0.3) is 0 Å². The van der Waals surface area contributed by atoms with E-state index in [-0.39, 0.29) is 12.0 Å². The van der Waals surface area contributed by atoms with Gasteiger partial charge >= 0.3 is 0 Å². The van der Waals surface area contributed by atoms with Gasteiger partial charge in [0, 0.05) is 0 Å². The molecule has 0 aliphatic heterocycles. The Kier molecular flexibility index (Phi) is 10.6. The van der Waals surface area contributed by atoms with Gasteiger partial charge in [0.2, 0.25) is 0 Å². The number of alkyl halides is 2. The zero-order chi connectivity index (χ0) is 25.6. The second-order valence-corrected chi connectivity index (χ2v) is 14.0. The molecule has 5 fully saturated rings. The second kappa shape index (κ2) is 13.3. The summed E-state index contributed by atoms with van der Waals surface area (Å²) in [5, 5.41) is 0. The molecule has 0 aromatic rings. The average molecular weight is 509 g/mol. The number of hydrogen-bond donors (Lipinski definition) is 0. The van der Waals surface area contributed by atoms with E-state index in [1.54, 1.807) is 0 Å². The van der Waals surface area contributed by atoms with Gasteiger partial charge in [-0.3, -0.25) is 0 Å². The van der Waals surface area contributed by atoms with Crippen LogP contribution in [0.25, 0.3) is 0 Å². The van der Waals surface area contributed by atoms with Crippen LogP contribution in [0.3, 0.4) is 0 Å². The number of ether oxygens (including phenoxy) is 1. The van der Waals surface area contributed by atoms with Crippen molar-refractivity contribution in [3.63, 3.8) is 0 Å². The van der Waals surface area contributed by atoms with E-state index in [2.05, 4.69) is 13.8 Å². The smallest absolute Gasteiger partial charge is 0.129 e. The van der Waals surface area contributed by atoms with Gasteiger partial charge in [0.05, 0.1) is 6.10 Å². The average Bonchev–Trinajstić information content (AvgIpc) is 2.90. The molecule has 5 aliphatic carbocycles. The molecule has 3 atom stereocenters. The van der Waals surface area contributed by atoms with Crippen LogP contribution in [0.15, 0.2) is 0 Å². The molecule has 0 heterocycles. The first-order valence-electron chi connectivity index (χ1n) is 16.3. The number of unbranched alkanes of at least 4 members (excludes halogenated alkanes) is 5. The standard InChI is InChI=1S/C33H58F2O/c1-4-6-8-9-11-25(3)36-31-29(34)23-27(24-30(31)35)26-12-14-28(15-13-26)33-20-17-32(18-21-33,19-22-33)16-10-7-5-2/h25-31H,4-24H2,1-3H3. The maximum atomic E-state index is 15.2. The summed E-state index contributed by atoms with van der Waals surface area (Å²) < 4.78 is 36.3. The molecular weight excluding hydrogens is 450 g/mol. The summed E-state index contributed by atoms with van der Waals surface area (Å²) in [4.78, 5) is 0. The molecule has 36 heavy (non-hydrogen) atoms. The molecule has 5 rings (SSSR count). The third kappa shape index (κ3) is 6.87. The lowest BCUT2D eigenvalue weighted by atomic mass is 9.47. The molecule has 0 radical (unpaired) electrons. The van der Waals surface area contributed by atoms with E-state index in [0.29, 0.717) is 29.6 Å². The fourth-order valence-electron chi connectivity index (χ4n) is 9.15. The van der Waals surface area contributed by atoms with Gasteiger partial charge in [-0.05, 0) is 125 Å². The number of fused-ring (bicyclic) bond motifs is 3. The van der Waals surface area contributed by atoms with Gasteiger partial charge in [0.15, 0.2) is 0 Å². The molecule has 3 unspecified atom stereocenters. The van der Waals surface area contributed by atoms with Crippen molar-refractivity contribution in [2.75, 3.05) is 0 Å². The molecular formula is C33H58F2O. The fraction of sp³-hybridized carbons (Fsp3) is 1.00. The Morgan fingerprint density at radius 2 is 1.31 bits per heavy atom. The van der Waals surface area contributed by atoms with E-state index in [0.717, 1.165) is 18.8 Å². The summed E-state index contributed by atoms with van der Waals surface area (Å²) in [5.74, 6) is 1.62. The lowest BCUT2D eigenvalue weighted by molar-refractivity contribution is -0.119. The van der Waals surface area contributed by atoms with Crippen LogP contribution in [-0.2, 0) is 4.74 Å². The maximum Gasteiger partial charge on any atom is 0.129 e. The van der Waals surface area contributed by atoms with Crippen LogP contribution in [-0.4, -0.2) is 24.6 Å². The quantitative estimate of drug-likeness (QED) is 0.225. The first-order valence-corrected chi connectivity index (χ1v) is 16.3. The molecule has 0 saturated heterocycles. The summed E-state index contributed by atoms with van der Waals surface area (Å²) in [5.41, 5.74) is 1.30. The second-order valence-electron chi connectivity index (χ2n) is 14.0. The van der Waals surface area contributed by atoms with Gasteiger partial charge in [-0.1, -0.05) is 58.8 Å². The molecule has 210 valence electrons. The Bertz CT molecular complexity index is 605.